The van der Waals surface area contributed by atoms with Crippen LogP contribution in [0.5, 0.6) is 0 Å². The SMILES string of the molecule is CC1CCC(c2nc(N)c(Br)c(C3CCCC3)n2)C1. The van der Waals surface area contributed by atoms with Gasteiger partial charge in [0.15, 0.2) is 0 Å². The van der Waals surface area contributed by atoms with Crippen molar-refractivity contribution < 1.29 is 0 Å². The number of hydrogen-bond acceptors (Lipinski definition) is 3. The van der Waals surface area contributed by atoms with Gasteiger partial charge in [-0.2, -0.15) is 0 Å². The first-order chi connectivity index (χ1) is 9.15. The average molecular weight is 324 g/mol. The number of anilines is 1. The topological polar surface area (TPSA) is 51.8 Å². The number of nitrogen functional groups attached to an aromatic ring is 1. The van der Waals surface area contributed by atoms with E-state index in [1.54, 1.807) is 0 Å². The summed E-state index contributed by atoms with van der Waals surface area (Å²) < 4.78 is 0.939. The molecule has 104 valence electrons. The van der Waals surface area contributed by atoms with E-state index in [4.69, 9.17) is 10.7 Å². The molecule has 2 atom stereocenters. The Morgan fingerprint density at radius 2 is 1.79 bits per heavy atom. The largest absolute Gasteiger partial charge is 0.383 e. The minimum atomic E-state index is 0.519. The van der Waals surface area contributed by atoms with Crippen LogP contribution < -0.4 is 5.73 Å². The molecule has 2 saturated carbocycles. The van der Waals surface area contributed by atoms with Gasteiger partial charge in [0.2, 0.25) is 0 Å². The van der Waals surface area contributed by atoms with Crippen LogP contribution in [-0.2, 0) is 0 Å². The summed E-state index contributed by atoms with van der Waals surface area (Å²) in [5, 5.41) is 0. The highest BCUT2D eigenvalue weighted by Gasteiger charge is 2.28. The predicted molar refractivity (Wildman–Crippen MR) is 81.1 cm³/mol. The molecule has 0 aromatic carbocycles. The Hall–Kier alpha value is -0.640. The molecule has 3 rings (SSSR count). The normalized spacial score (nSPS) is 28.1. The molecule has 1 aromatic heterocycles. The molecular formula is C15H22BrN3. The van der Waals surface area contributed by atoms with Gasteiger partial charge in [-0.15, -0.1) is 0 Å². The lowest BCUT2D eigenvalue weighted by atomic mass is 10.0. The zero-order valence-electron chi connectivity index (χ0n) is 11.5. The summed E-state index contributed by atoms with van der Waals surface area (Å²) in [5.74, 6) is 3.52. The van der Waals surface area contributed by atoms with Crippen LogP contribution in [0.2, 0.25) is 0 Å². The fourth-order valence-electron chi connectivity index (χ4n) is 3.60. The van der Waals surface area contributed by atoms with E-state index >= 15 is 0 Å². The van der Waals surface area contributed by atoms with E-state index in [0.29, 0.717) is 17.7 Å². The first kappa shape index (κ1) is 13.3. The number of hydrogen-bond donors (Lipinski definition) is 1. The van der Waals surface area contributed by atoms with Gasteiger partial charge < -0.3 is 5.73 Å². The molecule has 1 aromatic rings. The van der Waals surface area contributed by atoms with Gasteiger partial charge in [-0.1, -0.05) is 19.8 Å². The minimum Gasteiger partial charge on any atom is -0.383 e. The summed E-state index contributed by atoms with van der Waals surface area (Å²) in [6.07, 6.45) is 8.85. The molecule has 2 fully saturated rings. The molecule has 0 radical (unpaired) electrons. The average Bonchev–Trinajstić information content (AvgIpc) is 3.03. The maximum Gasteiger partial charge on any atom is 0.141 e. The van der Waals surface area contributed by atoms with E-state index in [1.165, 1.54) is 50.6 Å². The molecule has 19 heavy (non-hydrogen) atoms. The lowest BCUT2D eigenvalue weighted by Crippen LogP contribution is -2.10. The fraction of sp³-hybridized carbons (Fsp3) is 0.733. The third-order valence-electron chi connectivity index (χ3n) is 4.72. The molecule has 0 aliphatic heterocycles. The van der Waals surface area contributed by atoms with Crippen LogP contribution in [-0.4, -0.2) is 9.97 Å². The van der Waals surface area contributed by atoms with Crippen molar-refractivity contribution in [1.29, 1.82) is 0 Å². The van der Waals surface area contributed by atoms with E-state index in [9.17, 15) is 0 Å². The van der Waals surface area contributed by atoms with Gasteiger partial charge in [0.05, 0.1) is 10.2 Å². The molecule has 3 nitrogen and oxygen atoms in total. The molecule has 2 aliphatic rings. The van der Waals surface area contributed by atoms with Crippen molar-refractivity contribution in [3.05, 3.63) is 16.0 Å². The lowest BCUT2D eigenvalue weighted by molar-refractivity contribution is 0.579. The maximum absolute atomic E-state index is 6.09. The Morgan fingerprint density at radius 1 is 1.05 bits per heavy atom. The molecule has 2 N–H and O–H groups in total. The Kier molecular flexibility index (Phi) is 3.79. The molecule has 4 heteroatoms. The van der Waals surface area contributed by atoms with Crippen LogP contribution in [0.1, 0.15) is 75.2 Å². The van der Waals surface area contributed by atoms with Crippen molar-refractivity contribution >= 4 is 21.7 Å². The van der Waals surface area contributed by atoms with Gasteiger partial charge in [-0.3, -0.25) is 0 Å². The summed E-state index contributed by atoms with van der Waals surface area (Å²) >= 11 is 3.59. The van der Waals surface area contributed by atoms with Crippen molar-refractivity contribution in [3.63, 3.8) is 0 Å². The number of nitrogens with zero attached hydrogens (tertiary/aromatic N) is 2. The van der Waals surface area contributed by atoms with E-state index in [0.717, 1.165) is 16.2 Å². The standard InChI is InChI=1S/C15H22BrN3/c1-9-6-7-11(8-9)15-18-13(10-4-2-3-5-10)12(16)14(17)19-15/h9-11H,2-8H2,1H3,(H2,17,18,19). The van der Waals surface area contributed by atoms with Crippen molar-refractivity contribution in [1.82, 2.24) is 9.97 Å². The van der Waals surface area contributed by atoms with E-state index < -0.39 is 0 Å². The van der Waals surface area contributed by atoms with E-state index in [1.807, 2.05) is 0 Å². The summed E-state index contributed by atoms with van der Waals surface area (Å²) in [5.41, 5.74) is 7.26. The van der Waals surface area contributed by atoms with Crippen LogP contribution in [0.4, 0.5) is 5.82 Å². The molecule has 0 saturated heterocycles. The maximum atomic E-state index is 6.09. The van der Waals surface area contributed by atoms with Crippen LogP contribution in [0.25, 0.3) is 0 Å². The first-order valence-electron chi connectivity index (χ1n) is 7.48. The van der Waals surface area contributed by atoms with E-state index in [-0.39, 0.29) is 0 Å². The van der Waals surface area contributed by atoms with Crippen molar-refractivity contribution in [3.8, 4) is 0 Å². The molecular weight excluding hydrogens is 302 g/mol. The second-order valence-corrected chi connectivity index (χ2v) is 7.06. The van der Waals surface area contributed by atoms with Gasteiger partial charge >= 0.3 is 0 Å². The molecule has 1 heterocycles. The van der Waals surface area contributed by atoms with Crippen molar-refractivity contribution in [2.45, 2.75) is 63.7 Å². The molecule has 0 amide bonds. The van der Waals surface area contributed by atoms with Crippen LogP contribution >= 0.6 is 15.9 Å². The summed E-state index contributed by atoms with van der Waals surface area (Å²) in [7, 11) is 0. The van der Waals surface area contributed by atoms with Crippen LogP contribution in [0.15, 0.2) is 4.47 Å². The number of aromatic nitrogens is 2. The Morgan fingerprint density at radius 3 is 2.42 bits per heavy atom. The van der Waals surface area contributed by atoms with Crippen LogP contribution in [0, 0.1) is 5.92 Å². The summed E-state index contributed by atoms with van der Waals surface area (Å²) in [6.45, 7) is 2.32. The van der Waals surface area contributed by atoms with Gasteiger partial charge in [0.1, 0.15) is 11.6 Å². The van der Waals surface area contributed by atoms with Gasteiger partial charge in [-0.25, -0.2) is 9.97 Å². The second-order valence-electron chi connectivity index (χ2n) is 6.26. The third kappa shape index (κ3) is 2.64. The number of halogens is 1. The van der Waals surface area contributed by atoms with Crippen molar-refractivity contribution in [2.75, 3.05) is 5.73 Å². The number of rotatable bonds is 2. The zero-order chi connectivity index (χ0) is 13.4. The first-order valence-corrected chi connectivity index (χ1v) is 8.27. The predicted octanol–water partition coefficient (Wildman–Crippen LogP) is 4.38. The monoisotopic (exact) mass is 323 g/mol. The lowest BCUT2D eigenvalue weighted by Gasteiger charge is -2.16. The van der Waals surface area contributed by atoms with Crippen LogP contribution in [0.3, 0.4) is 0 Å². The van der Waals surface area contributed by atoms with Gasteiger partial charge in [0, 0.05) is 11.8 Å². The Labute approximate surface area is 123 Å². The van der Waals surface area contributed by atoms with Gasteiger partial charge in [-0.05, 0) is 54.0 Å². The summed E-state index contributed by atoms with van der Waals surface area (Å²) in [4.78, 5) is 9.43. The zero-order valence-corrected chi connectivity index (χ0v) is 13.1. The highest BCUT2D eigenvalue weighted by Crippen LogP contribution is 2.41. The molecule has 2 aliphatic carbocycles. The number of nitrogens with two attached hydrogens (primary N) is 1. The molecule has 0 bridgehead atoms. The van der Waals surface area contributed by atoms with Crippen molar-refractivity contribution in [2.24, 2.45) is 5.92 Å². The smallest absolute Gasteiger partial charge is 0.141 e. The quantitative estimate of drug-likeness (QED) is 0.878. The fourth-order valence-corrected chi connectivity index (χ4v) is 4.10. The molecule has 2 unspecified atom stereocenters. The molecule has 0 spiro atoms. The third-order valence-corrected chi connectivity index (χ3v) is 5.53. The Balaban J connectivity index is 1.93. The minimum absolute atomic E-state index is 0.519. The second kappa shape index (κ2) is 5.39. The highest BCUT2D eigenvalue weighted by molar-refractivity contribution is 9.10. The van der Waals surface area contributed by atoms with Gasteiger partial charge in [0.25, 0.3) is 0 Å². The summed E-state index contributed by atoms with van der Waals surface area (Å²) in [6, 6.07) is 0. The van der Waals surface area contributed by atoms with E-state index in [2.05, 4.69) is 27.8 Å². The Bertz CT molecular complexity index is 469. The highest BCUT2D eigenvalue weighted by atomic mass is 79.9.